The van der Waals surface area contributed by atoms with Gasteiger partial charge in [-0.05, 0) is 12.1 Å². The number of methoxy groups -OCH3 is 1. The molecule has 1 aromatic carbocycles. The number of hydrogen-bond donors (Lipinski definition) is 0. The van der Waals surface area contributed by atoms with Crippen LogP contribution in [0.2, 0.25) is 0 Å². The van der Waals surface area contributed by atoms with Crippen molar-refractivity contribution in [1.82, 2.24) is 0 Å². The maximum absolute atomic E-state index is 12.8. The van der Waals surface area contributed by atoms with E-state index in [-0.39, 0.29) is 51.4 Å². The van der Waals surface area contributed by atoms with Gasteiger partial charge in [0.25, 0.3) is 0 Å². The molecule has 2 nitrogen and oxygen atoms in total. The summed E-state index contributed by atoms with van der Waals surface area (Å²) in [6.07, 6.45) is -0.592. The molecule has 0 atom stereocenters. The summed E-state index contributed by atoms with van der Waals surface area (Å²) in [6.45, 7) is -5.26. The first-order valence-corrected chi connectivity index (χ1v) is 4.39. The average molecular weight is 274 g/mol. The predicted molar refractivity (Wildman–Crippen MR) is 50.8 cm³/mol. The molecule has 8 heteroatoms. The predicted octanol–water partition coefficient (Wildman–Crippen LogP) is -1.40. The van der Waals surface area contributed by atoms with Crippen molar-refractivity contribution in [1.29, 1.82) is 0 Å². The van der Waals surface area contributed by atoms with Crippen LogP contribution >= 0.6 is 0 Å². The second-order valence-electron chi connectivity index (χ2n) is 3.17. The zero-order valence-electron chi connectivity index (χ0n) is 9.34. The average Bonchev–Trinajstić information content (AvgIpc) is 2.15. The van der Waals surface area contributed by atoms with Gasteiger partial charge in [0.05, 0.1) is 13.5 Å². The van der Waals surface area contributed by atoms with Gasteiger partial charge in [0, 0.05) is 0 Å². The van der Waals surface area contributed by atoms with Crippen molar-refractivity contribution in [2.75, 3.05) is 7.11 Å². The second-order valence-corrected chi connectivity index (χ2v) is 3.17. The van der Waals surface area contributed by atoms with Crippen molar-refractivity contribution in [3.8, 4) is 0 Å². The minimum absolute atomic E-state index is 0. The van der Waals surface area contributed by atoms with Crippen LogP contribution in [-0.4, -0.2) is 20.1 Å². The minimum Gasteiger partial charge on any atom is -0.469 e. The molecule has 0 saturated heterocycles. The molecule has 0 N–H and O–H groups in total. The molecule has 0 bridgehead atoms. The Morgan fingerprint density at radius 3 is 2.41 bits per heavy atom. The van der Waals surface area contributed by atoms with Crippen LogP contribution in [0.3, 0.4) is 0 Å². The number of rotatable bonds is 3. The molecule has 88 valence electrons. The van der Waals surface area contributed by atoms with E-state index >= 15 is 0 Å². The topological polar surface area (TPSA) is 26.3 Å². The van der Waals surface area contributed by atoms with Gasteiger partial charge in [-0.3, -0.25) is 4.79 Å². The largest absolute Gasteiger partial charge is 1.00 e. The van der Waals surface area contributed by atoms with Crippen molar-refractivity contribution in [2.24, 2.45) is 0 Å². The summed E-state index contributed by atoms with van der Waals surface area (Å²) in [5.74, 6) is -1.66. The number of benzene rings is 1. The summed E-state index contributed by atoms with van der Waals surface area (Å²) in [4.78, 5) is 10.9. The van der Waals surface area contributed by atoms with Crippen molar-refractivity contribution < 1.29 is 78.3 Å². The van der Waals surface area contributed by atoms with E-state index in [1.165, 1.54) is 0 Å². The summed E-state index contributed by atoms with van der Waals surface area (Å²) < 4.78 is 54.6. The van der Waals surface area contributed by atoms with E-state index in [1.807, 2.05) is 0 Å². The van der Waals surface area contributed by atoms with Crippen LogP contribution < -0.4 is 56.8 Å². The quantitative estimate of drug-likeness (QED) is 0.385. The van der Waals surface area contributed by atoms with Crippen LogP contribution in [0.15, 0.2) is 18.2 Å². The zero-order valence-corrected chi connectivity index (χ0v) is 12.5. The van der Waals surface area contributed by atoms with Gasteiger partial charge in [0.15, 0.2) is 0 Å². The number of halogens is 4. The molecule has 0 aliphatic rings. The Hall–Kier alpha value is 0.111. The van der Waals surface area contributed by atoms with Crippen molar-refractivity contribution in [3.05, 3.63) is 29.6 Å². The molecule has 1 rings (SSSR count). The number of carbonyl (C=O) groups excluding carboxylic acids is 1. The van der Waals surface area contributed by atoms with Gasteiger partial charge < -0.3 is 17.7 Å². The molecule has 17 heavy (non-hydrogen) atoms. The van der Waals surface area contributed by atoms with E-state index in [9.17, 15) is 22.1 Å². The molecular formula is C9H8BF4KO2. The molecule has 0 heterocycles. The van der Waals surface area contributed by atoms with Crippen molar-refractivity contribution in [3.63, 3.8) is 0 Å². The Balaban J connectivity index is 0.00000256. The third-order valence-corrected chi connectivity index (χ3v) is 2.02. The molecule has 0 spiro atoms. The molecule has 0 unspecified atom stereocenters. The zero-order chi connectivity index (χ0) is 12.3. The van der Waals surface area contributed by atoms with Gasteiger partial charge in [-0.15, -0.1) is 5.46 Å². The summed E-state index contributed by atoms with van der Waals surface area (Å²) in [5.41, 5.74) is -1.37. The normalized spacial score (nSPS) is 10.6. The van der Waals surface area contributed by atoms with Crippen molar-refractivity contribution >= 4 is 18.4 Å². The van der Waals surface area contributed by atoms with Crippen LogP contribution in [-0.2, 0) is 16.0 Å². The molecule has 0 amide bonds. The summed E-state index contributed by atoms with van der Waals surface area (Å²) in [5, 5.41) is 0. The Kier molecular flexibility index (Phi) is 6.93. The van der Waals surface area contributed by atoms with Gasteiger partial charge in [-0.25, -0.2) is 4.39 Å². The molecule has 0 fully saturated rings. The molecule has 0 aliphatic heterocycles. The van der Waals surface area contributed by atoms with Gasteiger partial charge in [-0.2, -0.15) is 0 Å². The number of ether oxygens (including phenoxy) is 1. The van der Waals surface area contributed by atoms with E-state index in [0.717, 1.165) is 7.11 Å². The first-order chi connectivity index (χ1) is 7.34. The van der Waals surface area contributed by atoms with E-state index in [0.29, 0.717) is 18.2 Å². The van der Waals surface area contributed by atoms with Crippen molar-refractivity contribution in [2.45, 2.75) is 6.42 Å². The monoisotopic (exact) mass is 274 g/mol. The second kappa shape index (κ2) is 6.89. The molecule has 0 saturated carbocycles. The van der Waals surface area contributed by atoms with Gasteiger partial charge in [0.1, 0.15) is 5.82 Å². The maximum Gasteiger partial charge on any atom is 1.00 e. The van der Waals surface area contributed by atoms with E-state index in [2.05, 4.69) is 4.74 Å². The molecule has 0 radical (unpaired) electrons. The first kappa shape index (κ1) is 17.1. The third-order valence-electron chi connectivity index (χ3n) is 2.02. The van der Waals surface area contributed by atoms with E-state index < -0.39 is 36.2 Å². The van der Waals surface area contributed by atoms with E-state index in [4.69, 9.17) is 0 Å². The van der Waals surface area contributed by atoms with Crippen LogP contribution in [0.1, 0.15) is 5.56 Å². The Bertz CT molecular complexity index is 408. The number of esters is 1. The summed E-state index contributed by atoms with van der Waals surface area (Å²) >= 11 is 0. The third kappa shape index (κ3) is 5.09. The number of hydrogen-bond acceptors (Lipinski definition) is 2. The van der Waals surface area contributed by atoms with Crippen LogP contribution in [0.5, 0.6) is 0 Å². The molecule has 0 aromatic heterocycles. The van der Waals surface area contributed by atoms with Crippen LogP contribution in [0.4, 0.5) is 17.3 Å². The van der Waals surface area contributed by atoms with Crippen LogP contribution in [0.25, 0.3) is 0 Å². The summed E-state index contributed by atoms with van der Waals surface area (Å²) in [7, 11) is 1.06. The Labute approximate surface area is 138 Å². The smallest absolute Gasteiger partial charge is 0.469 e. The minimum atomic E-state index is -5.26. The molecular weight excluding hydrogens is 266 g/mol. The van der Waals surface area contributed by atoms with Crippen LogP contribution in [0, 0.1) is 5.82 Å². The van der Waals surface area contributed by atoms with Gasteiger partial charge >= 0.3 is 64.3 Å². The number of carbonyl (C=O) groups is 1. The van der Waals surface area contributed by atoms with E-state index in [1.54, 1.807) is 0 Å². The van der Waals surface area contributed by atoms with Gasteiger partial charge in [-0.1, -0.05) is 11.6 Å². The maximum atomic E-state index is 12.8. The molecule has 0 aliphatic carbocycles. The van der Waals surface area contributed by atoms with Gasteiger partial charge in [0.2, 0.25) is 0 Å². The Morgan fingerprint density at radius 2 is 1.94 bits per heavy atom. The fourth-order valence-corrected chi connectivity index (χ4v) is 1.27. The Morgan fingerprint density at radius 1 is 1.35 bits per heavy atom. The fraction of sp³-hybridized carbons (Fsp3) is 0.222. The fourth-order valence-electron chi connectivity index (χ4n) is 1.27. The SMILES string of the molecule is COC(=O)Cc1cc(F)ccc1[B-](F)(F)F.[K+]. The first-order valence-electron chi connectivity index (χ1n) is 4.39. The summed E-state index contributed by atoms with van der Waals surface area (Å²) in [6, 6.07) is 2.04. The molecule has 1 aromatic rings. The standard InChI is InChI=1S/C9H8BF4O2.K/c1-16-9(15)5-6-4-7(11)2-3-8(6)10(12,13)14;/h2-4H,5H2,1H3;/q-1;+1.